The van der Waals surface area contributed by atoms with Gasteiger partial charge < -0.3 is 10.6 Å². The molecule has 41 heavy (non-hydrogen) atoms. The van der Waals surface area contributed by atoms with Crippen molar-refractivity contribution in [3.05, 3.63) is 129 Å². The highest BCUT2D eigenvalue weighted by molar-refractivity contribution is 9.10. The van der Waals surface area contributed by atoms with E-state index in [1.165, 1.54) is 34.9 Å². The van der Waals surface area contributed by atoms with Gasteiger partial charge in [0.15, 0.2) is 5.82 Å². The Morgan fingerprint density at radius 3 is 2.37 bits per heavy atom. The number of amides is 2. The van der Waals surface area contributed by atoms with Gasteiger partial charge in [0.2, 0.25) is 0 Å². The number of aromatic nitrogens is 2. The molecule has 5 rings (SSSR count). The van der Waals surface area contributed by atoms with Crippen LogP contribution in [-0.2, 0) is 12.6 Å². The van der Waals surface area contributed by atoms with Crippen molar-refractivity contribution >= 4 is 33.3 Å². The van der Waals surface area contributed by atoms with Gasteiger partial charge in [-0.15, -0.1) is 0 Å². The number of hydrogen-bond acceptors (Lipinski definition) is 4. The Hall–Kier alpha value is -4.71. The summed E-state index contributed by atoms with van der Waals surface area (Å²) in [6, 6.07) is 22.0. The number of halogens is 5. The number of hydrogen-bond donors (Lipinski definition) is 2. The molecule has 0 aliphatic rings. The minimum Gasteiger partial charge on any atom is -0.308 e. The molecule has 0 atom stereocenters. The van der Waals surface area contributed by atoms with Crippen LogP contribution in [0.1, 0.15) is 17.0 Å². The van der Waals surface area contributed by atoms with E-state index in [9.17, 15) is 27.2 Å². The van der Waals surface area contributed by atoms with E-state index in [2.05, 4.69) is 31.7 Å². The van der Waals surface area contributed by atoms with Gasteiger partial charge in [0.05, 0.1) is 15.7 Å². The van der Waals surface area contributed by atoms with Crippen molar-refractivity contribution in [2.45, 2.75) is 12.6 Å². The van der Waals surface area contributed by atoms with Crippen molar-refractivity contribution in [3.63, 3.8) is 0 Å². The molecule has 0 fully saturated rings. The molecule has 0 aliphatic heterocycles. The van der Waals surface area contributed by atoms with Crippen molar-refractivity contribution < 1.29 is 26.9 Å². The number of alkyl halides is 3. The zero-order valence-electron chi connectivity index (χ0n) is 20.9. The number of nitrogens with one attached hydrogen (secondary N) is 2. The lowest BCUT2D eigenvalue weighted by molar-refractivity contribution is -0.137. The third-order valence-corrected chi connectivity index (χ3v) is 6.71. The van der Waals surface area contributed by atoms with Gasteiger partial charge in [-0.3, -0.25) is 4.52 Å². The summed E-state index contributed by atoms with van der Waals surface area (Å²) in [6.45, 7) is 0. The fraction of sp³-hybridized carbons (Fsp3) is 0.0690. The molecule has 0 saturated carbocycles. The van der Waals surface area contributed by atoms with Crippen LogP contribution in [0.5, 0.6) is 0 Å². The zero-order chi connectivity index (χ0) is 29.1. The van der Waals surface area contributed by atoms with Gasteiger partial charge in [0, 0.05) is 17.8 Å². The Morgan fingerprint density at radius 1 is 0.902 bits per heavy atom. The van der Waals surface area contributed by atoms with E-state index in [1.54, 1.807) is 18.2 Å². The maximum atomic E-state index is 13.8. The summed E-state index contributed by atoms with van der Waals surface area (Å²) in [5.74, 6) is -0.904. The third-order valence-electron chi connectivity index (χ3n) is 6.10. The van der Waals surface area contributed by atoms with Crippen molar-refractivity contribution in [1.29, 1.82) is 0 Å². The van der Waals surface area contributed by atoms with Crippen LogP contribution in [0.2, 0.25) is 0 Å². The molecule has 1 aromatic heterocycles. The van der Waals surface area contributed by atoms with Crippen LogP contribution in [-0.4, -0.2) is 15.8 Å². The summed E-state index contributed by atoms with van der Waals surface area (Å²) in [6.07, 6.45) is -4.27. The van der Waals surface area contributed by atoms with Gasteiger partial charge in [-0.05, 0) is 87.2 Å². The molecule has 12 heteroatoms. The largest absolute Gasteiger partial charge is 0.446 e. The molecule has 0 bridgehead atoms. The molecule has 7 nitrogen and oxygen atoms in total. The fourth-order valence-electron chi connectivity index (χ4n) is 4.20. The van der Waals surface area contributed by atoms with E-state index in [0.717, 1.165) is 28.8 Å². The highest BCUT2D eigenvalue weighted by atomic mass is 79.9. The topological polar surface area (TPSA) is 89.2 Å². The summed E-state index contributed by atoms with van der Waals surface area (Å²) in [4.78, 5) is 25.0. The molecule has 0 radical (unpaired) electrons. The molecule has 0 unspecified atom stereocenters. The minimum absolute atomic E-state index is 0.182. The highest BCUT2D eigenvalue weighted by Crippen LogP contribution is 2.31. The van der Waals surface area contributed by atoms with E-state index in [-0.39, 0.29) is 16.6 Å². The van der Waals surface area contributed by atoms with Gasteiger partial charge in [0.25, 0.3) is 0 Å². The molecule has 4 aromatic carbocycles. The molecular formula is C29H19BrF4N4O3. The molecule has 208 valence electrons. The molecule has 0 aliphatic carbocycles. The second-order valence-electron chi connectivity index (χ2n) is 8.87. The van der Waals surface area contributed by atoms with Crippen LogP contribution in [0, 0.1) is 5.82 Å². The van der Waals surface area contributed by atoms with Crippen molar-refractivity contribution in [2.24, 2.45) is 0 Å². The normalized spacial score (nSPS) is 11.3. The summed E-state index contributed by atoms with van der Waals surface area (Å²) in [7, 11) is 0. The number of anilines is 2. The predicted molar refractivity (Wildman–Crippen MR) is 149 cm³/mol. The summed E-state index contributed by atoms with van der Waals surface area (Å²) in [5.41, 5.74) is 2.53. The summed E-state index contributed by atoms with van der Waals surface area (Å²) in [5, 5.41) is 9.12. The Kier molecular flexibility index (Phi) is 7.75. The minimum atomic E-state index is -4.47. The average molecular weight is 627 g/mol. The van der Waals surface area contributed by atoms with E-state index in [1.807, 2.05) is 30.3 Å². The average Bonchev–Trinajstić information content (AvgIpc) is 3.30. The van der Waals surface area contributed by atoms with Gasteiger partial charge in [-0.1, -0.05) is 41.6 Å². The quantitative estimate of drug-likeness (QED) is 0.189. The molecule has 2 amide bonds. The molecule has 1 heterocycles. The van der Waals surface area contributed by atoms with Gasteiger partial charge in [-0.25, -0.2) is 18.5 Å². The van der Waals surface area contributed by atoms with Crippen LogP contribution in [0.15, 0.2) is 105 Å². The lowest BCUT2D eigenvalue weighted by atomic mass is 9.97. The van der Waals surface area contributed by atoms with Crippen molar-refractivity contribution in [3.8, 4) is 16.8 Å². The monoisotopic (exact) mass is 626 g/mol. The molecule has 0 saturated heterocycles. The lowest BCUT2D eigenvalue weighted by Crippen LogP contribution is -2.19. The zero-order valence-corrected chi connectivity index (χ0v) is 22.5. The summed E-state index contributed by atoms with van der Waals surface area (Å²) < 4.78 is 58.5. The SMILES string of the molecule is O=C(Nc1ccc(C(F)(F)F)cc1)Nc1cccc(-c2ccccc2Cc2noc(=O)n2-c2ccc(F)c(Br)c2)c1. The van der Waals surface area contributed by atoms with Crippen LogP contribution in [0.3, 0.4) is 0 Å². The van der Waals surface area contributed by atoms with Crippen LogP contribution in [0.25, 0.3) is 16.8 Å². The van der Waals surface area contributed by atoms with E-state index < -0.39 is 29.3 Å². The Labute approximate surface area is 238 Å². The second kappa shape index (κ2) is 11.4. The maximum absolute atomic E-state index is 13.8. The standard InChI is InChI=1S/C29H19BrF4N4O3/c30-24-16-22(12-13-25(24)31)38-26(37-41-28(38)40)15-18-4-1-2-7-23(18)17-5-3-6-21(14-17)36-27(39)35-20-10-8-19(9-11-20)29(32,33)34/h1-14,16H,15H2,(H2,35,36,39). The van der Waals surface area contributed by atoms with E-state index in [0.29, 0.717) is 17.2 Å². The van der Waals surface area contributed by atoms with Crippen LogP contribution >= 0.6 is 15.9 Å². The first-order chi connectivity index (χ1) is 19.6. The Bertz CT molecular complexity index is 1780. The number of rotatable bonds is 6. The number of carbonyl (C=O) groups excluding carboxylic acids is 1. The first-order valence-electron chi connectivity index (χ1n) is 12.0. The molecule has 5 aromatic rings. The van der Waals surface area contributed by atoms with Gasteiger partial charge >= 0.3 is 18.0 Å². The number of carbonyl (C=O) groups is 1. The van der Waals surface area contributed by atoms with Crippen LogP contribution < -0.4 is 16.4 Å². The van der Waals surface area contributed by atoms with Crippen molar-refractivity contribution in [1.82, 2.24) is 9.72 Å². The third kappa shape index (κ3) is 6.38. The van der Waals surface area contributed by atoms with E-state index in [4.69, 9.17) is 4.52 Å². The highest BCUT2D eigenvalue weighted by Gasteiger charge is 2.30. The predicted octanol–water partition coefficient (Wildman–Crippen LogP) is 7.65. The molecule has 2 N–H and O–H groups in total. The Morgan fingerprint density at radius 2 is 1.63 bits per heavy atom. The van der Waals surface area contributed by atoms with Gasteiger partial charge in [-0.2, -0.15) is 13.2 Å². The molecule has 0 spiro atoms. The van der Waals surface area contributed by atoms with Crippen LogP contribution in [0.4, 0.5) is 33.7 Å². The number of benzene rings is 4. The maximum Gasteiger partial charge on any atom is 0.446 e. The Balaban J connectivity index is 1.36. The first kappa shape index (κ1) is 27.8. The van der Waals surface area contributed by atoms with Gasteiger partial charge in [0.1, 0.15) is 5.82 Å². The molecular weight excluding hydrogens is 608 g/mol. The lowest BCUT2D eigenvalue weighted by Gasteiger charge is -2.13. The first-order valence-corrected chi connectivity index (χ1v) is 12.8. The smallest absolute Gasteiger partial charge is 0.308 e. The number of urea groups is 1. The number of nitrogens with zero attached hydrogens (tertiary/aromatic N) is 2. The van der Waals surface area contributed by atoms with E-state index >= 15 is 0 Å². The summed E-state index contributed by atoms with van der Waals surface area (Å²) >= 11 is 3.13. The fourth-order valence-corrected chi connectivity index (χ4v) is 4.56. The second-order valence-corrected chi connectivity index (χ2v) is 9.72. The van der Waals surface area contributed by atoms with Crippen molar-refractivity contribution in [2.75, 3.05) is 10.6 Å².